The van der Waals surface area contributed by atoms with E-state index in [1.165, 1.54) is 6.42 Å². The highest BCUT2D eigenvalue weighted by atomic mass is 16.3. The summed E-state index contributed by atoms with van der Waals surface area (Å²) in [4.78, 5) is 10.8. The van der Waals surface area contributed by atoms with Crippen LogP contribution in [0.2, 0.25) is 0 Å². The van der Waals surface area contributed by atoms with Crippen molar-refractivity contribution in [3.05, 3.63) is 12.2 Å². The largest absolute Gasteiger partial charge is 0.393 e. The van der Waals surface area contributed by atoms with E-state index in [1.54, 1.807) is 6.08 Å². The summed E-state index contributed by atoms with van der Waals surface area (Å²) in [5.41, 5.74) is -0.390. The summed E-state index contributed by atoms with van der Waals surface area (Å²) >= 11 is 0. The van der Waals surface area contributed by atoms with E-state index in [1.807, 2.05) is 0 Å². The van der Waals surface area contributed by atoms with E-state index in [2.05, 4.69) is 19.9 Å². The molecular formula is C22H34O3. The highest BCUT2D eigenvalue weighted by Gasteiger charge is 2.66. The molecule has 0 aromatic heterocycles. The Labute approximate surface area is 151 Å². The summed E-state index contributed by atoms with van der Waals surface area (Å²) in [5.74, 6) is 1.92. The van der Waals surface area contributed by atoms with Gasteiger partial charge < -0.3 is 10.2 Å². The minimum atomic E-state index is -0.585. The molecule has 2 unspecified atom stereocenters. The van der Waals surface area contributed by atoms with Crippen LogP contribution in [0.4, 0.5) is 0 Å². The minimum Gasteiger partial charge on any atom is -0.393 e. The fraction of sp³-hybridized carbons (Fsp3) is 0.864. The minimum absolute atomic E-state index is 0.0922. The summed E-state index contributed by atoms with van der Waals surface area (Å²) in [6.45, 7) is 4.72. The Bertz CT molecular complexity index is 572. The SMILES string of the molecule is C[C@]12CC[C@H](O)C[C@H]1CCC1C2CC[C@]2(C)[C@@H](/C=C/C=O)CC[C@]12O. The second kappa shape index (κ2) is 5.92. The zero-order valence-corrected chi connectivity index (χ0v) is 15.8. The van der Waals surface area contributed by atoms with E-state index in [9.17, 15) is 15.0 Å². The number of rotatable bonds is 2. The summed E-state index contributed by atoms with van der Waals surface area (Å²) in [6, 6.07) is 0. The Kier molecular flexibility index (Phi) is 4.20. The fourth-order valence-electron chi connectivity index (χ4n) is 7.73. The second-order valence-corrected chi connectivity index (χ2v) is 9.97. The molecule has 2 N–H and O–H groups in total. The second-order valence-electron chi connectivity index (χ2n) is 9.97. The van der Waals surface area contributed by atoms with Gasteiger partial charge in [-0.05, 0) is 93.0 Å². The molecule has 0 aliphatic heterocycles. The number of aliphatic hydroxyl groups is 2. The van der Waals surface area contributed by atoms with Crippen LogP contribution >= 0.6 is 0 Å². The third-order valence-electron chi connectivity index (χ3n) is 9.32. The quantitative estimate of drug-likeness (QED) is 0.589. The first-order valence-electron chi connectivity index (χ1n) is 10.4. The number of carbonyl (C=O) groups excluding carboxylic acids is 1. The van der Waals surface area contributed by atoms with Crippen molar-refractivity contribution < 1.29 is 15.0 Å². The predicted octanol–water partition coefficient (Wildman–Crippen LogP) is 3.88. The van der Waals surface area contributed by atoms with Gasteiger partial charge in [0.15, 0.2) is 0 Å². The number of aldehydes is 1. The summed E-state index contributed by atoms with van der Waals surface area (Å²) in [5, 5.41) is 22.1. The molecule has 3 heteroatoms. The lowest BCUT2D eigenvalue weighted by atomic mass is 9.43. The van der Waals surface area contributed by atoms with Crippen LogP contribution in [-0.4, -0.2) is 28.2 Å². The molecule has 0 bridgehead atoms. The molecular weight excluding hydrogens is 312 g/mol. The molecule has 0 spiro atoms. The van der Waals surface area contributed by atoms with Crippen LogP contribution in [0.25, 0.3) is 0 Å². The Hall–Kier alpha value is -0.670. The highest BCUT2D eigenvalue weighted by molar-refractivity contribution is 5.64. The number of carbonyl (C=O) groups is 1. The van der Waals surface area contributed by atoms with Crippen molar-refractivity contribution >= 4 is 6.29 Å². The Morgan fingerprint density at radius 1 is 0.960 bits per heavy atom. The molecule has 4 aliphatic carbocycles. The molecule has 0 radical (unpaired) electrons. The Morgan fingerprint density at radius 2 is 1.76 bits per heavy atom. The number of hydrogen-bond donors (Lipinski definition) is 2. The highest BCUT2D eigenvalue weighted by Crippen LogP contribution is 2.69. The first-order valence-corrected chi connectivity index (χ1v) is 10.4. The van der Waals surface area contributed by atoms with Crippen LogP contribution in [0.1, 0.15) is 71.6 Å². The summed E-state index contributed by atoms with van der Waals surface area (Å²) in [6.07, 6.45) is 13.8. The van der Waals surface area contributed by atoms with Gasteiger partial charge in [0.2, 0.25) is 0 Å². The van der Waals surface area contributed by atoms with E-state index < -0.39 is 5.60 Å². The lowest BCUT2D eigenvalue weighted by Gasteiger charge is -2.63. The molecule has 8 atom stereocenters. The van der Waals surface area contributed by atoms with Crippen LogP contribution in [0, 0.1) is 34.5 Å². The van der Waals surface area contributed by atoms with Crippen molar-refractivity contribution in [1.29, 1.82) is 0 Å². The molecule has 0 aromatic rings. The first kappa shape index (κ1) is 17.7. The Morgan fingerprint density at radius 3 is 2.52 bits per heavy atom. The summed E-state index contributed by atoms with van der Waals surface area (Å²) < 4.78 is 0. The van der Waals surface area contributed by atoms with Gasteiger partial charge in [0.05, 0.1) is 11.7 Å². The van der Waals surface area contributed by atoms with E-state index in [0.29, 0.717) is 23.7 Å². The van der Waals surface area contributed by atoms with E-state index in [4.69, 9.17) is 0 Å². The smallest absolute Gasteiger partial charge is 0.142 e. The molecule has 25 heavy (non-hydrogen) atoms. The molecule has 0 saturated heterocycles. The molecule has 0 amide bonds. The lowest BCUT2D eigenvalue weighted by molar-refractivity contribution is -0.207. The molecule has 0 aromatic carbocycles. The molecule has 4 aliphatic rings. The first-order chi connectivity index (χ1) is 11.8. The van der Waals surface area contributed by atoms with E-state index in [-0.39, 0.29) is 16.9 Å². The molecule has 0 heterocycles. The lowest BCUT2D eigenvalue weighted by Crippen LogP contribution is -2.62. The van der Waals surface area contributed by atoms with E-state index >= 15 is 0 Å². The third kappa shape index (κ3) is 2.34. The number of aliphatic hydroxyl groups excluding tert-OH is 1. The average molecular weight is 347 g/mol. The van der Waals surface area contributed by atoms with Gasteiger partial charge in [0.1, 0.15) is 6.29 Å². The predicted molar refractivity (Wildman–Crippen MR) is 97.9 cm³/mol. The number of fused-ring (bicyclic) bond motifs is 5. The fourth-order valence-corrected chi connectivity index (χ4v) is 7.73. The maximum atomic E-state index is 11.9. The maximum Gasteiger partial charge on any atom is 0.142 e. The zero-order chi connectivity index (χ0) is 17.9. The molecule has 4 fully saturated rings. The van der Waals surface area contributed by atoms with Crippen LogP contribution in [0.5, 0.6) is 0 Å². The van der Waals surface area contributed by atoms with Gasteiger partial charge in [-0.2, -0.15) is 0 Å². The molecule has 4 rings (SSSR count). The van der Waals surface area contributed by atoms with Crippen molar-refractivity contribution in [3.63, 3.8) is 0 Å². The van der Waals surface area contributed by atoms with E-state index in [0.717, 1.165) is 57.7 Å². The van der Waals surface area contributed by atoms with Crippen LogP contribution < -0.4 is 0 Å². The number of hydrogen-bond acceptors (Lipinski definition) is 3. The van der Waals surface area contributed by atoms with Crippen LogP contribution in [-0.2, 0) is 4.79 Å². The van der Waals surface area contributed by atoms with Gasteiger partial charge in [-0.1, -0.05) is 19.9 Å². The molecule has 4 saturated carbocycles. The Balaban J connectivity index is 1.65. The molecule has 140 valence electrons. The van der Waals surface area contributed by atoms with Crippen LogP contribution in [0.15, 0.2) is 12.2 Å². The monoisotopic (exact) mass is 346 g/mol. The standard InChI is InChI=1S/C22H34O3/c1-20-10-8-17(24)14-16(20)5-6-19-18(20)9-11-21(2)15(4-3-13-23)7-12-22(19,21)25/h3-4,13,15-19,24-25H,5-12,14H2,1-2H3/b4-3+/t15-,16+,17-,18?,19?,20-,21+,22-/m0/s1. The topological polar surface area (TPSA) is 57.5 Å². The van der Waals surface area contributed by atoms with Crippen molar-refractivity contribution in [1.82, 2.24) is 0 Å². The summed E-state index contributed by atoms with van der Waals surface area (Å²) in [7, 11) is 0. The van der Waals surface area contributed by atoms with Crippen LogP contribution in [0.3, 0.4) is 0 Å². The normalized spacial score (nSPS) is 55.4. The van der Waals surface area contributed by atoms with Crippen molar-refractivity contribution in [2.75, 3.05) is 0 Å². The van der Waals surface area contributed by atoms with Gasteiger partial charge in [0, 0.05) is 5.41 Å². The molecule has 3 nitrogen and oxygen atoms in total. The maximum absolute atomic E-state index is 11.9. The van der Waals surface area contributed by atoms with Gasteiger partial charge in [0.25, 0.3) is 0 Å². The van der Waals surface area contributed by atoms with Gasteiger partial charge in [-0.3, -0.25) is 4.79 Å². The van der Waals surface area contributed by atoms with Crippen molar-refractivity contribution in [3.8, 4) is 0 Å². The zero-order valence-electron chi connectivity index (χ0n) is 15.8. The number of allylic oxidation sites excluding steroid dienone is 2. The van der Waals surface area contributed by atoms with Gasteiger partial charge in [-0.25, -0.2) is 0 Å². The van der Waals surface area contributed by atoms with Crippen molar-refractivity contribution in [2.24, 2.45) is 34.5 Å². The van der Waals surface area contributed by atoms with Crippen molar-refractivity contribution in [2.45, 2.75) is 83.3 Å². The van der Waals surface area contributed by atoms with Gasteiger partial charge >= 0.3 is 0 Å². The van der Waals surface area contributed by atoms with Gasteiger partial charge in [-0.15, -0.1) is 0 Å². The average Bonchev–Trinajstić information content (AvgIpc) is 2.85. The third-order valence-corrected chi connectivity index (χ3v) is 9.32.